The van der Waals surface area contributed by atoms with Crippen molar-refractivity contribution >= 4 is 5.82 Å². The molecule has 1 atom stereocenters. The molecule has 1 saturated heterocycles. The SMILES string of the molecule is c1ccc2c(c1)C[C@H](Cc1ccc(N3CCCC3)nn1)CO2. The molecule has 0 spiro atoms. The molecule has 1 aromatic carbocycles. The predicted molar refractivity (Wildman–Crippen MR) is 86.3 cm³/mol. The van der Waals surface area contributed by atoms with Crippen molar-refractivity contribution in [1.82, 2.24) is 10.2 Å². The van der Waals surface area contributed by atoms with E-state index in [0.717, 1.165) is 49.8 Å². The van der Waals surface area contributed by atoms with Crippen LogP contribution in [0.25, 0.3) is 0 Å². The number of para-hydroxylation sites is 1. The van der Waals surface area contributed by atoms with Crippen LogP contribution in [0.1, 0.15) is 24.1 Å². The Morgan fingerprint density at radius 1 is 1.05 bits per heavy atom. The molecule has 2 aliphatic rings. The monoisotopic (exact) mass is 295 g/mol. The van der Waals surface area contributed by atoms with Gasteiger partial charge in [0.15, 0.2) is 5.82 Å². The van der Waals surface area contributed by atoms with E-state index in [2.05, 4.69) is 45.4 Å². The van der Waals surface area contributed by atoms with E-state index in [1.54, 1.807) is 0 Å². The second kappa shape index (κ2) is 5.95. The Bertz CT molecular complexity index is 635. The lowest BCUT2D eigenvalue weighted by Crippen LogP contribution is -2.23. The first-order valence-corrected chi connectivity index (χ1v) is 8.17. The van der Waals surface area contributed by atoms with Crippen LogP contribution in [0.4, 0.5) is 5.82 Å². The van der Waals surface area contributed by atoms with E-state index in [4.69, 9.17) is 4.74 Å². The van der Waals surface area contributed by atoms with Gasteiger partial charge < -0.3 is 9.64 Å². The highest BCUT2D eigenvalue weighted by atomic mass is 16.5. The summed E-state index contributed by atoms with van der Waals surface area (Å²) < 4.78 is 5.86. The van der Waals surface area contributed by atoms with Gasteiger partial charge >= 0.3 is 0 Å². The fraction of sp³-hybridized carbons (Fsp3) is 0.444. The molecule has 0 amide bonds. The van der Waals surface area contributed by atoms with Crippen LogP contribution < -0.4 is 9.64 Å². The van der Waals surface area contributed by atoms with Gasteiger partial charge in [-0.05, 0) is 49.4 Å². The first-order valence-electron chi connectivity index (χ1n) is 8.17. The number of rotatable bonds is 3. The summed E-state index contributed by atoms with van der Waals surface area (Å²) >= 11 is 0. The van der Waals surface area contributed by atoms with E-state index in [0.29, 0.717) is 5.92 Å². The Hall–Kier alpha value is -2.10. The third-order valence-electron chi connectivity index (χ3n) is 4.59. The third kappa shape index (κ3) is 2.78. The maximum Gasteiger partial charge on any atom is 0.151 e. The summed E-state index contributed by atoms with van der Waals surface area (Å²) in [6.07, 6.45) is 4.53. The van der Waals surface area contributed by atoms with Crippen LogP contribution in [0.15, 0.2) is 36.4 Å². The Morgan fingerprint density at radius 2 is 1.91 bits per heavy atom. The summed E-state index contributed by atoms with van der Waals surface area (Å²) in [5, 5.41) is 8.83. The number of aromatic nitrogens is 2. The van der Waals surface area contributed by atoms with E-state index < -0.39 is 0 Å². The second-order valence-corrected chi connectivity index (χ2v) is 6.27. The van der Waals surface area contributed by atoms with Crippen molar-refractivity contribution in [2.45, 2.75) is 25.7 Å². The van der Waals surface area contributed by atoms with Gasteiger partial charge in [0.1, 0.15) is 5.75 Å². The normalized spacial score (nSPS) is 20.5. The van der Waals surface area contributed by atoms with Gasteiger partial charge in [0, 0.05) is 19.0 Å². The molecule has 3 heterocycles. The summed E-state index contributed by atoms with van der Waals surface area (Å²) in [4.78, 5) is 2.32. The highest BCUT2D eigenvalue weighted by molar-refractivity contribution is 5.38. The van der Waals surface area contributed by atoms with Crippen molar-refractivity contribution in [3.8, 4) is 5.75 Å². The molecule has 0 unspecified atom stereocenters. The van der Waals surface area contributed by atoms with Crippen LogP contribution in [-0.2, 0) is 12.8 Å². The Morgan fingerprint density at radius 3 is 2.73 bits per heavy atom. The maximum absolute atomic E-state index is 5.86. The van der Waals surface area contributed by atoms with E-state index in [-0.39, 0.29) is 0 Å². The minimum atomic E-state index is 0.488. The number of ether oxygens (including phenoxy) is 1. The number of fused-ring (bicyclic) bond motifs is 1. The largest absolute Gasteiger partial charge is 0.493 e. The quantitative estimate of drug-likeness (QED) is 0.873. The van der Waals surface area contributed by atoms with Gasteiger partial charge in [-0.25, -0.2) is 0 Å². The molecule has 22 heavy (non-hydrogen) atoms. The van der Waals surface area contributed by atoms with Gasteiger partial charge in [0.2, 0.25) is 0 Å². The fourth-order valence-electron chi connectivity index (χ4n) is 3.39. The fourth-order valence-corrected chi connectivity index (χ4v) is 3.39. The molecule has 2 aromatic rings. The zero-order valence-corrected chi connectivity index (χ0v) is 12.7. The minimum absolute atomic E-state index is 0.488. The average Bonchev–Trinajstić information content (AvgIpc) is 3.10. The molecule has 4 nitrogen and oxygen atoms in total. The van der Waals surface area contributed by atoms with Gasteiger partial charge in [-0.2, -0.15) is 5.10 Å². The lowest BCUT2D eigenvalue weighted by molar-refractivity contribution is 0.220. The van der Waals surface area contributed by atoms with Crippen molar-refractivity contribution < 1.29 is 4.74 Å². The van der Waals surface area contributed by atoms with Crippen molar-refractivity contribution in [2.75, 3.05) is 24.6 Å². The highest BCUT2D eigenvalue weighted by Crippen LogP contribution is 2.28. The Kier molecular flexibility index (Phi) is 3.67. The van der Waals surface area contributed by atoms with Crippen molar-refractivity contribution in [3.05, 3.63) is 47.7 Å². The zero-order chi connectivity index (χ0) is 14.8. The maximum atomic E-state index is 5.86. The molecule has 1 aromatic heterocycles. The zero-order valence-electron chi connectivity index (χ0n) is 12.7. The van der Waals surface area contributed by atoms with Crippen molar-refractivity contribution in [3.63, 3.8) is 0 Å². The number of nitrogens with zero attached hydrogens (tertiary/aromatic N) is 3. The molecule has 4 rings (SSSR count). The molecule has 0 radical (unpaired) electrons. The van der Waals surface area contributed by atoms with E-state index >= 15 is 0 Å². The topological polar surface area (TPSA) is 38.2 Å². The molecule has 2 aliphatic heterocycles. The minimum Gasteiger partial charge on any atom is -0.493 e. The summed E-state index contributed by atoms with van der Waals surface area (Å²) in [7, 11) is 0. The van der Waals surface area contributed by atoms with E-state index in [9.17, 15) is 0 Å². The predicted octanol–water partition coefficient (Wildman–Crippen LogP) is 2.87. The van der Waals surface area contributed by atoms with E-state index in [1.807, 2.05) is 6.07 Å². The lowest BCUT2D eigenvalue weighted by atomic mass is 9.93. The third-order valence-corrected chi connectivity index (χ3v) is 4.59. The van der Waals surface area contributed by atoms with Gasteiger partial charge in [0.25, 0.3) is 0 Å². The molecular weight excluding hydrogens is 274 g/mol. The highest BCUT2D eigenvalue weighted by Gasteiger charge is 2.21. The average molecular weight is 295 g/mol. The molecule has 0 bridgehead atoms. The number of hydrogen-bond donors (Lipinski definition) is 0. The summed E-state index contributed by atoms with van der Waals surface area (Å²) in [5.41, 5.74) is 2.37. The summed E-state index contributed by atoms with van der Waals surface area (Å²) in [6.45, 7) is 3.00. The van der Waals surface area contributed by atoms with Crippen LogP contribution >= 0.6 is 0 Å². The molecule has 0 N–H and O–H groups in total. The number of anilines is 1. The molecule has 114 valence electrons. The van der Waals surface area contributed by atoms with Gasteiger partial charge in [-0.15, -0.1) is 5.10 Å². The lowest BCUT2D eigenvalue weighted by Gasteiger charge is -2.25. The van der Waals surface area contributed by atoms with Crippen LogP contribution in [-0.4, -0.2) is 29.9 Å². The molecular formula is C18H21N3O. The Balaban J connectivity index is 1.41. The first-order chi connectivity index (χ1) is 10.9. The molecule has 1 fully saturated rings. The van der Waals surface area contributed by atoms with Crippen LogP contribution in [0.2, 0.25) is 0 Å². The smallest absolute Gasteiger partial charge is 0.151 e. The van der Waals surface area contributed by atoms with Crippen LogP contribution in [0.5, 0.6) is 5.75 Å². The van der Waals surface area contributed by atoms with Crippen LogP contribution in [0, 0.1) is 5.92 Å². The standard InChI is InChI=1S/C18H21N3O/c1-2-6-17-15(5-1)11-14(13-22-17)12-16-7-8-18(20-19-16)21-9-3-4-10-21/h1-2,5-8,14H,3-4,9-13H2/t14-/m1/s1. The van der Waals surface area contributed by atoms with Gasteiger partial charge in [-0.3, -0.25) is 0 Å². The number of hydrogen-bond acceptors (Lipinski definition) is 4. The molecule has 4 heteroatoms. The molecule has 0 aliphatic carbocycles. The first kappa shape index (κ1) is 13.6. The molecule has 0 saturated carbocycles. The van der Waals surface area contributed by atoms with Crippen molar-refractivity contribution in [2.24, 2.45) is 5.92 Å². The Labute approximate surface area is 131 Å². The van der Waals surface area contributed by atoms with Gasteiger partial charge in [0.05, 0.1) is 12.3 Å². The van der Waals surface area contributed by atoms with E-state index in [1.165, 1.54) is 18.4 Å². The van der Waals surface area contributed by atoms with Crippen molar-refractivity contribution in [1.29, 1.82) is 0 Å². The second-order valence-electron chi connectivity index (χ2n) is 6.27. The van der Waals surface area contributed by atoms with Crippen LogP contribution in [0.3, 0.4) is 0 Å². The number of benzene rings is 1. The summed E-state index contributed by atoms with van der Waals surface area (Å²) in [6, 6.07) is 12.6. The summed E-state index contributed by atoms with van der Waals surface area (Å²) in [5.74, 6) is 2.54. The van der Waals surface area contributed by atoms with Gasteiger partial charge in [-0.1, -0.05) is 18.2 Å².